The van der Waals surface area contributed by atoms with Crippen LogP contribution in [0.2, 0.25) is 0 Å². The van der Waals surface area contributed by atoms with E-state index in [-0.39, 0.29) is 22.3 Å². The van der Waals surface area contributed by atoms with E-state index in [2.05, 4.69) is 5.41 Å². The molecule has 0 amide bonds. The minimum absolute atomic E-state index is 0.0494. The predicted octanol–water partition coefficient (Wildman–Crippen LogP) is 9.19. The molecule has 0 aliphatic carbocycles. The number of aromatic carboxylic acids is 4. The topological polar surface area (TPSA) is 149 Å². The molecule has 46 heavy (non-hydrogen) atoms. The molecule has 232 valence electrons. The smallest absolute Gasteiger partial charge is 0.335 e. The number of carbonyl (C=O) groups is 4. The van der Waals surface area contributed by atoms with E-state index < -0.39 is 32.2 Å². The van der Waals surface area contributed by atoms with Gasteiger partial charge in [0.25, 0.3) is 0 Å². The summed E-state index contributed by atoms with van der Waals surface area (Å²) >= 11 is 4.48. The first-order chi connectivity index (χ1) is 22.0. The maximum atomic E-state index is 12.1. The van der Waals surface area contributed by atoms with Crippen LogP contribution in [0.4, 0.5) is 0 Å². The Morgan fingerprint density at radius 2 is 0.696 bits per heavy atom. The molecule has 0 bridgehead atoms. The average molecular weight is 689 g/mol. The van der Waals surface area contributed by atoms with Crippen molar-refractivity contribution in [3.63, 3.8) is 0 Å². The lowest BCUT2D eigenvalue weighted by atomic mass is 10.2. The summed E-state index contributed by atoms with van der Waals surface area (Å²) in [6, 6.07) is 26.1. The van der Waals surface area contributed by atoms with Gasteiger partial charge in [0.15, 0.2) is 0 Å². The first kappa shape index (κ1) is 31.4. The van der Waals surface area contributed by atoms with Crippen molar-refractivity contribution in [1.29, 1.82) is 0 Å². The van der Waals surface area contributed by atoms with E-state index in [1.54, 1.807) is 48.5 Å². The normalized spacial score (nSPS) is 18.6. The fourth-order valence-electron chi connectivity index (χ4n) is 6.33. The summed E-state index contributed by atoms with van der Waals surface area (Å²) in [5, 5.41) is 47.4. The van der Waals surface area contributed by atoms with Gasteiger partial charge >= 0.3 is 23.9 Å². The van der Waals surface area contributed by atoms with E-state index in [4.69, 9.17) is 0 Å². The van der Waals surface area contributed by atoms with E-state index in [1.165, 1.54) is 83.8 Å². The van der Waals surface area contributed by atoms with Gasteiger partial charge in [-0.1, -0.05) is 35.3 Å². The molecular weight excluding hydrogens is 665 g/mol. The fourth-order valence-corrected chi connectivity index (χ4v) is 21.0. The van der Waals surface area contributed by atoms with Crippen molar-refractivity contribution < 1.29 is 39.6 Å². The molecule has 4 aromatic carbocycles. The summed E-state index contributed by atoms with van der Waals surface area (Å²) < 4.78 is 1.77. The first-order valence-corrected chi connectivity index (χ1v) is 18.6. The molecule has 0 atom stereocenters. The van der Waals surface area contributed by atoms with Crippen LogP contribution in [0.15, 0.2) is 147 Å². The van der Waals surface area contributed by atoms with Gasteiger partial charge in [-0.25, -0.2) is 19.2 Å². The van der Waals surface area contributed by atoms with Gasteiger partial charge in [0.1, 0.15) is 0 Å². The molecule has 0 spiro atoms. The Hall–Kier alpha value is -4.62. The molecule has 0 saturated heterocycles. The fraction of sp³-hybridized carbons (Fsp3) is 0. The third-order valence-corrected chi connectivity index (χ3v) is 21.5. The van der Waals surface area contributed by atoms with Crippen molar-refractivity contribution in [2.75, 3.05) is 0 Å². The summed E-state index contributed by atoms with van der Waals surface area (Å²) in [7, 11) is -4.90. The van der Waals surface area contributed by atoms with Crippen molar-refractivity contribution in [3.8, 4) is 0 Å². The second-order valence-corrected chi connectivity index (χ2v) is 19.5. The van der Waals surface area contributed by atoms with E-state index in [0.29, 0.717) is 19.6 Å². The summed E-state index contributed by atoms with van der Waals surface area (Å²) in [6.45, 7) is 0. The minimum Gasteiger partial charge on any atom is -0.478 e. The first-order valence-electron chi connectivity index (χ1n) is 13.5. The summed E-state index contributed by atoms with van der Waals surface area (Å²) in [5.41, 5.74) is 0.198. The van der Waals surface area contributed by atoms with Gasteiger partial charge in [-0.2, -0.15) is 0 Å². The van der Waals surface area contributed by atoms with Crippen LogP contribution in [0, 0.1) is 0 Å². The maximum absolute atomic E-state index is 12.1. The Kier molecular flexibility index (Phi) is 7.51. The van der Waals surface area contributed by atoms with Gasteiger partial charge in [0.2, 0.25) is 0 Å². The molecule has 4 aromatic rings. The lowest BCUT2D eigenvalue weighted by molar-refractivity contribution is 0.0686. The Balaban J connectivity index is 1.97. The highest BCUT2D eigenvalue weighted by atomic mass is 32.4. The highest BCUT2D eigenvalue weighted by molar-refractivity contribution is 8.74. The van der Waals surface area contributed by atoms with Gasteiger partial charge in [-0.15, -0.1) is 8.29 Å². The molecule has 4 N–H and O–H groups in total. The van der Waals surface area contributed by atoms with Crippen molar-refractivity contribution in [1.82, 2.24) is 0 Å². The Morgan fingerprint density at radius 3 is 0.957 bits per heavy atom. The van der Waals surface area contributed by atoms with Crippen LogP contribution in [0.5, 0.6) is 0 Å². The predicted molar refractivity (Wildman–Crippen MR) is 182 cm³/mol. The molecule has 8 nitrogen and oxygen atoms in total. The minimum atomic E-state index is -4.90. The Labute approximate surface area is 274 Å². The molecule has 12 heteroatoms. The van der Waals surface area contributed by atoms with Gasteiger partial charge in [-0.05, 0) is 138 Å². The number of benzene rings is 4. The Bertz CT molecular complexity index is 1790. The third kappa shape index (κ3) is 3.94. The van der Waals surface area contributed by atoms with E-state index >= 15 is 0 Å². The monoisotopic (exact) mass is 688 g/mol. The molecular formula is C34H24O8S4. The molecule has 0 fully saturated rings. The summed E-state index contributed by atoms with van der Waals surface area (Å²) in [4.78, 5) is 50.9. The number of thioether (sulfide) groups is 3. The highest BCUT2D eigenvalue weighted by Gasteiger charge is 2.70. The molecule has 0 radical (unpaired) electrons. The zero-order chi connectivity index (χ0) is 32.8. The zero-order valence-corrected chi connectivity index (χ0v) is 26.9. The van der Waals surface area contributed by atoms with Gasteiger partial charge in [0.05, 0.1) is 30.7 Å². The SMILES string of the molecule is O=C(O)c1ccc(S2(c3ccc(C(=O)O)cc3)(c3ccc(C(=O)O)cc3)(c3ccc(C(=O)O)cc3)C=CSC2=C2SC=CS2)cc1. The summed E-state index contributed by atoms with van der Waals surface area (Å²) in [5.74, 6) is -4.48. The standard InChI is InChI=1S/C34H24O8S4/c35-29(36)21-1-9-25(10-2-21)46(26-11-3-22(4-12-26)30(37)38,27-13-5-23(6-14-27)31(39)40,28-15-7-24(8-16-28)32(41)42)20-19-45-34(46)33-43-17-18-44-33/h1-20H,(H,35,36)(H,37,38)(H,39,40)(H,41,42). The van der Waals surface area contributed by atoms with E-state index in [0.717, 1.165) is 8.47 Å². The van der Waals surface area contributed by atoms with Crippen LogP contribution in [0.1, 0.15) is 41.4 Å². The third-order valence-electron chi connectivity index (χ3n) is 8.46. The van der Waals surface area contributed by atoms with Gasteiger partial charge in [0, 0.05) is 0 Å². The lowest BCUT2D eigenvalue weighted by Gasteiger charge is -2.77. The second-order valence-electron chi connectivity index (χ2n) is 10.4. The molecule has 0 saturated carbocycles. The Morgan fingerprint density at radius 1 is 0.413 bits per heavy atom. The van der Waals surface area contributed by atoms with Crippen molar-refractivity contribution in [2.24, 2.45) is 0 Å². The van der Waals surface area contributed by atoms with Crippen LogP contribution < -0.4 is 0 Å². The van der Waals surface area contributed by atoms with E-state index in [1.807, 2.05) is 16.2 Å². The van der Waals surface area contributed by atoms with Crippen molar-refractivity contribution in [3.05, 3.63) is 149 Å². The van der Waals surface area contributed by atoms with E-state index in [9.17, 15) is 39.6 Å². The van der Waals surface area contributed by atoms with Crippen molar-refractivity contribution in [2.45, 2.75) is 19.6 Å². The number of rotatable bonds is 8. The molecule has 2 heterocycles. The molecule has 0 aromatic heterocycles. The van der Waals surface area contributed by atoms with Crippen LogP contribution >= 0.6 is 43.6 Å². The van der Waals surface area contributed by atoms with Crippen molar-refractivity contribution >= 4 is 67.5 Å². The lowest BCUT2D eigenvalue weighted by Crippen LogP contribution is -2.36. The molecule has 2 aliphatic heterocycles. The summed E-state index contributed by atoms with van der Waals surface area (Å²) in [6.07, 6.45) is 0. The van der Waals surface area contributed by atoms with Crippen LogP contribution in [-0.4, -0.2) is 44.3 Å². The molecule has 6 rings (SSSR count). The number of hydrogen-bond acceptors (Lipinski definition) is 7. The van der Waals surface area contributed by atoms with Crippen LogP contribution in [0.25, 0.3) is 0 Å². The average Bonchev–Trinajstić information content (AvgIpc) is 3.74. The van der Waals surface area contributed by atoms with Crippen LogP contribution in [0.3, 0.4) is 0 Å². The van der Waals surface area contributed by atoms with Gasteiger partial charge < -0.3 is 20.4 Å². The second kappa shape index (κ2) is 11.0. The maximum Gasteiger partial charge on any atom is 0.335 e. The zero-order valence-electron chi connectivity index (χ0n) is 23.6. The molecule has 0 unspecified atom stereocenters. The number of hydrogen-bond donors (Lipinski definition) is 4. The van der Waals surface area contributed by atoms with Gasteiger partial charge in [-0.3, -0.25) is 0 Å². The van der Waals surface area contributed by atoms with Crippen LogP contribution in [-0.2, 0) is 0 Å². The molecule has 2 aliphatic rings. The highest BCUT2D eigenvalue weighted by Crippen LogP contribution is 3.14. The number of carboxylic acid groups (broad SMARTS) is 4. The quantitative estimate of drug-likeness (QED) is 0.140. The number of carboxylic acids is 4. The largest absolute Gasteiger partial charge is 0.478 e.